The highest BCUT2D eigenvalue weighted by Crippen LogP contribution is 2.28. The molecule has 2 aliphatic carbocycles. The molecule has 0 saturated heterocycles. The summed E-state index contributed by atoms with van der Waals surface area (Å²) in [6, 6.07) is 0. The Kier molecular flexibility index (Phi) is 4.02. The Morgan fingerprint density at radius 2 is 1.79 bits per heavy atom. The Hall–Kier alpha value is -1.26. The molecule has 2 aliphatic rings. The summed E-state index contributed by atoms with van der Waals surface area (Å²) >= 11 is 0. The topological polar surface area (TPSA) is 9.23 Å². The van der Waals surface area contributed by atoms with Gasteiger partial charge in [-0.3, -0.25) is 0 Å². The number of allylic oxidation sites excluding steroid dienone is 9. The van der Waals surface area contributed by atoms with E-state index >= 15 is 0 Å². The molecule has 0 aliphatic heterocycles. The first kappa shape index (κ1) is 14.2. The Morgan fingerprint density at radius 3 is 2.47 bits per heavy atom. The van der Waals surface area contributed by atoms with Crippen LogP contribution in [0.2, 0.25) is 26.2 Å². The van der Waals surface area contributed by atoms with Crippen LogP contribution in [0, 0.1) is 6.42 Å². The average molecular weight is 286 g/mol. The lowest BCUT2D eigenvalue weighted by Crippen LogP contribution is -2.46. The van der Waals surface area contributed by atoms with Crippen LogP contribution in [0.3, 0.4) is 0 Å². The molecule has 0 N–H and O–H groups in total. The number of hydrogen-bond acceptors (Lipinski definition) is 1. The molecule has 0 spiro atoms. The van der Waals surface area contributed by atoms with Gasteiger partial charge in [0.05, 0.1) is 0 Å². The Labute approximate surface area is 118 Å². The summed E-state index contributed by atoms with van der Waals surface area (Å²) in [5.74, 6) is 0. The van der Waals surface area contributed by atoms with E-state index in [-0.39, 0.29) is 0 Å². The third-order valence-corrected chi connectivity index (χ3v) is 10.8. The van der Waals surface area contributed by atoms with E-state index in [9.17, 15) is 0 Å². The molecule has 2 rings (SSSR count). The molecule has 0 atom stereocenters. The van der Waals surface area contributed by atoms with E-state index in [2.05, 4.69) is 74.8 Å². The van der Waals surface area contributed by atoms with Crippen LogP contribution in [0.4, 0.5) is 0 Å². The fraction of sp³-hybridized carbons (Fsp3) is 0.250. The molecular weight excluding hydrogens is 264 g/mol. The standard InChI is InChI=1S/C16H21OSi2/c1-18(2,15-11-7-5-6-8-12-15)17-19(3,4)16-13-9-10-14-16/h5-13H,1-4H3/q-1. The van der Waals surface area contributed by atoms with E-state index in [1.165, 1.54) is 10.4 Å². The molecule has 100 valence electrons. The lowest BCUT2D eigenvalue weighted by molar-refractivity contribution is 0.565. The van der Waals surface area contributed by atoms with Crippen molar-refractivity contribution in [2.24, 2.45) is 0 Å². The van der Waals surface area contributed by atoms with Gasteiger partial charge in [-0.2, -0.15) is 24.6 Å². The molecule has 0 unspecified atom stereocenters. The van der Waals surface area contributed by atoms with Crippen LogP contribution in [0.5, 0.6) is 0 Å². The SMILES string of the molecule is C[Si](C)(O[Si](C)(C)C1=C[CH-]C=CC=C1)C1=C=CC=C1. The molecule has 3 heteroatoms. The molecule has 0 aromatic carbocycles. The van der Waals surface area contributed by atoms with Gasteiger partial charge in [0.2, 0.25) is 8.32 Å². The van der Waals surface area contributed by atoms with E-state index in [1.54, 1.807) is 0 Å². The van der Waals surface area contributed by atoms with E-state index in [0.717, 1.165) is 0 Å². The van der Waals surface area contributed by atoms with Crippen LogP contribution in [-0.4, -0.2) is 16.6 Å². The second-order valence-electron chi connectivity index (χ2n) is 5.76. The maximum atomic E-state index is 6.64. The highest BCUT2D eigenvalue weighted by Gasteiger charge is 2.35. The van der Waals surface area contributed by atoms with E-state index in [1.807, 2.05) is 12.2 Å². The second kappa shape index (κ2) is 5.39. The van der Waals surface area contributed by atoms with Crippen LogP contribution >= 0.6 is 0 Å². The van der Waals surface area contributed by atoms with Crippen molar-refractivity contribution in [2.45, 2.75) is 26.2 Å². The molecule has 0 bridgehead atoms. The van der Waals surface area contributed by atoms with Crippen LogP contribution in [0.1, 0.15) is 0 Å². The van der Waals surface area contributed by atoms with Gasteiger partial charge in [-0.25, -0.2) is 0 Å². The van der Waals surface area contributed by atoms with E-state index in [0.29, 0.717) is 0 Å². The maximum absolute atomic E-state index is 6.64. The molecule has 0 heterocycles. The summed E-state index contributed by atoms with van der Waals surface area (Å²) in [7, 11) is -3.75. The van der Waals surface area contributed by atoms with Gasteiger partial charge < -0.3 is 4.12 Å². The van der Waals surface area contributed by atoms with Crippen molar-refractivity contribution in [1.29, 1.82) is 0 Å². The zero-order valence-electron chi connectivity index (χ0n) is 12.1. The summed E-state index contributed by atoms with van der Waals surface area (Å²) in [6.07, 6.45) is 18.8. The van der Waals surface area contributed by atoms with Crippen LogP contribution in [-0.2, 0) is 4.12 Å². The predicted octanol–water partition coefficient (Wildman–Crippen LogP) is 4.40. The minimum Gasteiger partial charge on any atom is -0.458 e. The van der Waals surface area contributed by atoms with Gasteiger partial charge >= 0.3 is 0 Å². The summed E-state index contributed by atoms with van der Waals surface area (Å²) < 4.78 is 6.64. The minimum atomic E-state index is -1.88. The van der Waals surface area contributed by atoms with Crippen molar-refractivity contribution in [2.75, 3.05) is 0 Å². The molecule has 0 aromatic rings. The second-order valence-corrected chi connectivity index (χ2v) is 13.7. The van der Waals surface area contributed by atoms with Crippen LogP contribution < -0.4 is 0 Å². The highest BCUT2D eigenvalue weighted by atomic mass is 28.4. The number of hydrogen-bond donors (Lipinski definition) is 0. The van der Waals surface area contributed by atoms with Gasteiger partial charge in [0.15, 0.2) is 0 Å². The Morgan fingerprint density at radius 1 is 1.00 bits per heavy atom. The predicted molar refractivity (Wildman–Crippen MR) is 87.4 cm³/mol. The van der Waals surface area contributed by atoms with Gasteiger partial charge in [0.1, 0.15) is 8.32 Å². The lowest BCUT2D eigenvalue weighted by atomic mass is 10.4. The van der Waals surface area contributed by atoms with Crippen molar-refractivity contribution in [3.05, 3.63) is 71.2 Å². The van der Waals surface area contributed by atoms with Crippen molar-refractivity contribution in [3.63, 3.8) is 0 Å². The Bertz CT molecular complexity index is 539. The van der Waals surface area contributed by atoms with E-state index in [4.69, 9.17) is 4.12 Å². The fourth-order valence-electron chi connectivity index (χ4n) is 2.36. The first-order valence-corrected chi connectivity index (χ1v) is 12.5. The van der Waals surface area contributed by atoms with Gasteiger partial charge in [0.25, 0.3) is 0 Å². The van der Waals surface area contributed by atoms with Crippen molar-refractivity contribution in [1.82, 2.24) is 0 Å². The highest BCUT2D eigenvalue weighted by molar-refractivity contribution is 6.92. The zero-order chi connectivity index (χ0) is 13.9. The normalized spacial score (nSPS) is 18.1. The van der Waals surface area contributed by atoms with Crippen LogP contribution in [0.15, 0.2) is 64.7 Å². The van der Waals surface area contributed by atoms with Gasteiger partial charge in [0, 0.05) is 5.20 Å². The summed E-state index contributed by atoms with van der Waals surface area (Å²) in [5, 5.41) is 2.60. The molecule has 19 heavy (non-hydrogen) atoms. The minimum absolute atomic E-state index is 1.26. The third kappa shape index (κ3) is 3.39. The summed E-state index contributed by atoms with van der Waals surface area (Å²) in [6.45, 7) is 9.08. The molecular formula is C16H21OSi2-. The van der Waals surface area contributed by atoms with Gasteiger partial charge in [-0.05, 0) is 19.2 Å². The average Bonchev–Trinajstić information content (AvgIpc) is 2.71. The summed E-state index contributed by atoms with van der Waals surface area (Å²) in [5.41, 5.74) is 3.32. The smallest absolute Gasteiger partial charge is 0.213 e. The quantitative estimate of drug-likeness (QED) is 0.422. The first-order chi connectivity index (χ1) is 8.92. The molecule has 0 fully saturated rings. The lowest BCUT2D eigenvalue weighted by Gasteiger charge is -2.37. The first-order valence-electron chi connectivity index (χ1n) is 6.65. The molecule has 0 aromatic heterocycles. The number of rotatable bonds is 4. The Balaban J connectivity index is 2.19. The monoisotopic (exact) mass is 285 g/mol. The van der Waals surface area contributed by atoms with Crippen molar-refractivity contribution in [3.8, 4) is 0 Å². The fourth-order valence-corrected chi connectivity index (χ4v) is 10.3. The molecule has 0 saturated carbocycles. The third-order valence-electron chi connectivity index (χ3n) is 3.34. The summed E-state index contributed by atoms with van der Waals surface area (Å²) in [4.78, 5) is 0. The largest absolute Gasteiger partial charge is 0.458 e. The maximum Gasteiger partial charge on any atom is 0.213 e. The molecule has 0 amide bonds. The van der Waals surface area contributed by atoms with E-state index < -0.39 is 16.6 Å². The van der Waals surface area contributed by atoms with Gasteiger partial charge in [-0.1, -0.05) is 25.2 Å². The van der Waals surface area contributed by atoms with Crippen molar-refractivity contribution >= 4 is 16.6 Å². The van der Waals surface area contributed by atoms with Crippen molar-refractivity contribution < 1.29 is 4.12 Å². The van der Waals surface area contributed by atoms with Crippen LogP contribution in [0.25, 0.3) is 0 Å². The zero-order valence-corrected chi connectivity index (χ0v) is 14.1. The van der Waals surface area contributed by atoms with Gasteiger partial charge in [-0.15, -0.1) is 23.1 Å². The molecule has 1 nitrogen and oxygen atoms in total. The molecule has 0 radical (unpaired) electrons.